The molecule has 2 aromatic rings. The number of likely N-dealkylation sites (tertiary alicyclic amines) is 1. The molecule has 0 bridgehead atoms. The molecule has 0 aliphatic carbocycles. The molecule has 6 heteroatoms. The number of carbonyl (C=O) groups is 1. The smallest absolute Gasteiger partial charge is 0.233 e. The summed E-state index contributed by atoms with van der Waals surface area (Å²) in [6, 6.07) is 11.8. The predicted molar refractivity (Wildman–Crippen MR) is 101 cm³/mol. The lowest BCUT2D eigenvalue weighted by molar-refractivity contribution is -0.133. The van der Waals surface area contributed by atoms with Crippen LogP contribution in [0.25, 0.3) is 0 Å². The Bertz CT molecular complexity index is 746. The highest BCUT2D eigenvalue weighted by molar-refractivity contribution is 5.79. The Morgan fingerprint density at radius 3 is 2.81 bits per heavy atom. The highest BCUT2D eigenvalue weighted by atomic mass is 16.5. The highest BCUT2D eigenvalue weighted by Crippen LogP contribution is 2.18. The average Bonchev–Trinajstić information content (AvgIpc) is 2.62. The summed E-state index contributed by atoms with van der Waals surface area (Å²) in [5.41, 5.74) is 2.23. The Labute approximate surface area is 154 Å². The first-order chi connectivity index (χ1) is 12.5. The van der Waals surface area contributed by atoms with Crippen molar-refractivity contribution < 1.29 is 9.53 Å². The monoisotopic (exact) mass is 354 g/mol. The second kappa shape index (κ2) is 8.17. The van der Waals surface area contributed by atoms with E-state index in [1.54, 1.807) is 0 Å². The number of ether oxygens (including phenoxy) is 1. The number of benzene rings is 1. The third kappa shape index (κ3) is 4.71. The fourth-order valence-corrected chi connectivity index (χ4v) is 3.15. The molecule has 3 rings (SSSR count). The molecule has 1 aromatic carbocycles. The number of piperidine rings is 1. The number of aromatic nitrogens is 2. The van der Waals surface area contributed by atoms with Gasteiger partial charge in [0.2, 0.25) is 11.8 Å². The first-order valence-corrected chi connectivity index (χ1v) is 9.02. The number of nitrogens with zero attached hydrogens (tertiary/aromatic N) is 4. The van der Waals surface area contributed by atoms with Crippen molar-refractivity contribution in [2.24, 2.45) is 0 Å². The quantitative estimate of drug-likeness (QED) is 0.825. The average molecular weight is 354 g/mol. The van der Waals surface area contributed by atoms with Crippen LogP contribution in [0.15, 0.2) is 36.4 Å². The molecular formula is C20H26N4O2. The number of aryl methyl sites for hydroxylation is 1. The summed E-state index contributed by atoms with van der Waals surface area (Å²) in [5.74, 6) is 1.45. The van der Waals surface area contributed by atoms with Crippen LogP contribution < -0.4 is 9.64 Å². The lowest BCUT2D eigenvalue weighted by Gasteiger charge is -2.32. The maximum absolute atomic E-state index is 12.6. The third-order valence-corrected chi connectivity index (χ3v) is 4.54. The Morgan fingerprint density at radius 2 is 2.12 bits per heavy atom. The molecule has 1 atom stereocenters. The predicted octanol–water partition coefficient (Wildman–Crippen LogP) is 2.46. The van der Waals surface area contributed by atoms with Gasteiger partial charge in [-0.2, -0.15) is 0 Å². The van der Waals surface area contributed by atoms with Crippen LogP contribution in [0.4, 0.5) is 5.82 Å². The van der Waals surface area contributed by atoms with E-state index >= 15 is 0 Å². The molecule has 138 valence electrons. The Morgan fingerprint density at radius 1 is 1.27 bits per heavy atom. The number of anilines is 1. The van der Waals surface area contributed by atoms with Gasteiger partial charge in [-0.1, -0.05) is 29.8 Å². The molecule has 1 aliphatic heterocycles. The number of carbonyl (C=O) groups excluding carboxylic acids is 1. The van der Waals surface area contributed by atoms with E-state index in [0.717, 1.165) is 30.8 Å². The summed E-state index contributed by atoms with van der Waals surface area (Å²) in [7, 11) is 3.84. The van der Waals surface area contributed by atoms with Crippen LogP contribution in [0.3, 0.4) is 0 Å². The molecule has 0 spiro atoms. The van der Waals surface area contributed by atoms with Gasteiger partial charge in [-0.3, -0.25) is 4.79 Å². The molecule has 1 saturated heterocycles. The molecule has 1 aliphatic rings. The maximum Gasteiger partial charge on any atom is 0.233 e. The summed E-state index contributed by atoms with van der Waals surface area (Å²) in [4.78, 5) is 16.4. The van der Waals surface area contributed by atoms with Crippen LogP contribution in [0.5, 0.6) is 5.88 Å². The minimum Gasteiger partial charge on any atom is -0.471 e. The van der Waals surface area contributed by atoms with Gasteiger partial charge in [0.25, 0.3) is 0 Å². The molecule has 6 nitrogen and oxygen atoms in total. The molecule has 1 unspecified atom stereocenters. The van der Waals surface area contributed by atoms with E-state index in [1.807, 2.05) is 61.2 Å². The van der Waals surface area contributed by atoms with Gasteiger partial charge in [0, 0.05) is 26.7 Å². The molecule has 0 saturated carbocycles. The van der Waals surface area contributed by atoms with Crippen molar-refractivity contribution in [3.05, 3.63) is 47.5 Å². The Kier molecular flexibility index (Phi) is 5.71. The molecule has 1 aromatic heterocycles. The van der Waals surface area contributed by atoms with E-state index in [2.05, 4.69) is 16.3 Å². The largest absolute Gasteiger partial charge is 0.471 e. The van der Waals surface area contributed by atoms with Crippen molar-refractivity contribution in [2.75, 3.05) is 32.1 Å². The van der Waals surface area contributed by atoms with E-state index in [4.69, 9.17) is 4.74 Å². The first kappa shape index (κ1) is 18.2. The van der Waals surface area contributed by atoms with Crippen molar-refractivity contribution >= 4 is 11.7 Å². The molecule has 0 radical (unpaired) electrons. The van der Waals surface area contributed by atoms with E-state index < -0.39 is 0 Å². The lowest BCUT2D eigenvalue weighted by atomic mass is 10.1. The topological polar surface area (TPSA) is 58.6 Å². The van der Waals surface area contributed by atoms with Gasteiger partial charge in [-0.15, -0.1) is 10.2 Å². The molecule has 1 amide bonds. The third-order valence-electron chi connectivity index (χ3n) is 4.54. The maximum atomic E-state index is 12.6. The zero-order valence-corrected chi connectivity index (χ0v) is 15.7. The summed E-state index contributed by atoms with van der Waals surface area (Å²) in [5, 5.41) is 8.26. The fourth-order valence-electron chi connectivity index (χ4n) is 3.15. The normalized spacial score (nSPS) is 17.0. The van der Waals surface area contributed by atoms with E-state index in [9.17, 15) is 4.79 Å². The number of rotatable bonds is 5. The summed E-state index contributed by atoms with van der Waals surface area (Å²) in [6.45, 7) is 3.43. The van der Waals surface area contributed by atoms with Crippen LogP contribution >= 0.6 is 0 Å². The van der Waals surface area contributed by atoms with Crippen molar-refractivity contribution in [3.63, 3.8) is 0 Å². The van der Waals surface area contributed by atoms with E-state index in [-0.39, 0.29) is 12.0 Å². The zero-order chi connectivity index (χ0) is 18.5. The molecule has 0 N–H and O–H groups in total. The lowest BCUT2D eigenvalue weighted by Crippen LogP contribution is -2.45. The molecule has 2 heterocycles. The van der Waals surface area contributed by atoms with Crippen LogP contribution in [-0.4, -0.2) is 54.3 Å². The summed E-state index contributed by atoms with van der Waals surface area (Å²) >= 11 is 0. The van der Waals surface area contributed by atoms with Gasteiger partial charge < -0.3 is 14.5 Å². The first-order valence-electron chi connectivity index (χ1n) is 9.02. The van der Waals surface area contributed by atoms with Crippen molar-refractivity contribution in [1.29, 1.82) is 0 Å². The molecule has 1 fully saturated rings. The van der Waals surface area contributed by atoms with Crippen LogP contribution in [0.1, 0.15) is 24.0 Å². The van der Waals surface area contributed by atoms with Gasteiger partial charge in [0.15, 0.2) is 5.82 Å². The number of hydrogen-bond acceptors (Lipinski definition) is 5. The SMILES string of the molecule is Cc1cccc(CC(=O)N2CCCC(Oc3ccc(N(C)C)nn3)C2)c1. The number of hydrogen-bond donors (Lipinski definition) is 0. The van der Waals surface area contributed by atoms with Gasteiger partial charge in [0.1, 0.15) is 6.10 Å². The standard InChI is InChI=1S/C20H26N4O2/c1-15-6-4-7-16(12-15)13-20(25)24-11-5-8-17(14-24)26-19-10-9-18(21-22-19)23(2)3/h4,6-7,9-10,12,17H,5,8,11,13-14H2,1-3H3. The van der Waals surface area contributed by atoms with Crippen molar-refractivity contribution in [1.82, 2.24) is 15.1 Å². The number of amides is 1. The van der Waals surface area contributed by atoms with E-state index in [0.29, 0.717) is 18.8 Å². The van der Waals surface area contributed by atoms with E-state index in [1.165, 1.54) is 5.56 Å². The second-order valence-corrected chi connectivity index (χ2v) is 7.01. The van der Waals surface area contributed by atoms with Crippen LogP contribution in [0, 0.1) is 6.92 Å². The second-order valence-electron chi connectivity index (χ2n) is 7.01. The Balaban J connectivity index is 1.57. The highest BCUT2D eigenvalue weighted by Gasteiger charge is 2.25. The van der Waals surface area contributed by atoms with Crippen LogP contribution in [-0.2, 0) is 11.2 Å². The molecule has 26 heavy (non-hydrogen) atoms. The van der Waals surface area contributed by atoms with Crippen molar-refractivity contribution in [3.8, 4) is 5.88 Å². The zero-order valence-electron chi connectivity index (χ0n) is 15.7. The van der Waals surface area contributed by atoms with Gasteiger partial charge >= 0.3 is 0 Å². The van der Waals surface area contributed by atoms with Crippen LogP contribution in [0.2, 0.25) is 0 Å². The van der Waals surface area contributed by atoms with Crippen molar-refractivity contribution in [2.45, 2.75) is 32.3 Å². The Hall–Kier alpha value is -2.63. The summed E-state index contributed by atoms with van der Waals surface area (Å²) < 4.78 is 5.95. The molecular weight excluding hydrogens is 328 g/mol. The minimum absolute atomic E-state index is 0.0373. The summed E-state index contributed by atoms with van der Waals surface area (Å²) in [6.07, 6.45) is 2.26. The van der Waals surface area contributed by atoms with Gasteiger partial charge in [-0.25, -0.2) is 0 Å². The van der Waals surface area contributed by atoms with Gasteiger partial charge in [0.05, 0.1) is 13.0 Å². The fraction of sp³-hybridized carbons (Fsp3) is 0.450. The minimum atomic E-state index is -0.0373. The van der Waals surface area contributed by atoms with Gasteiger partial charge in [-0.05, 0) is 31.4 Å².